The lowest BCUT2D eigenvalue weighted by molar-refractivity contribution is -0.145. The van der Waals surface area contributed by atoms with Crippen LogP contribution in [0.3, 0.4) is 0 Å². The number of rotatable bonds is 22. The van der Waals surface area contributed by atoms with E-state index in [4.69, 9.17) is 11.5 Å². The molecule has 2 saturated heterocycles. The molecule has 12 atom stereocenters. The molecule has 6 aromatic rings. The normalized spacial score (nSPS) is 23.8. The Morgan fingerprint density at radius 1 is 0.581 bits per heavy atom. The second-order valence-corrected chi connectivity index (χ2v) is 33.0. The number of aliphatic hydroxyl groups excluding tert-OH is 1. The molecule has 0 saturated carbocycles. The number of primary amides is 2. The maximum absolute atomic E-state index is 15.5. The van der Waals surface area contributed by atoms with Crippen LogP contribution in [-0.4, -0.2) is 296 Å². The average molecular weight is 1740 g/mol. The van der Waals surface area contributed by atoms with E-state index >= 15 is 4.79 Å². The summed E-state index contributed by atoms with van der Waals surface area (Å²) in [6.07, 6.45) is 8.11. The number of aromatic amines is 3. The first-order valence-corrected chi connectivity index (χ1v) is 42.9. The Morgan fingerprint density at radius 3 is 1.76 bits per heavy atom. The molecular formula is C85H119N21O17S. The van der Waals surface area contributed by atoms with Crippen LogP contribution < -0.4 is 64.6 Å². The van der Waals surface area contributed by atoms with Crippen molar-refractivity contribution in [1.29, 1.82) is 0 Å². The first-order chi connectivity index (χ1) is 59.2. The Labute approximate surface area is 723 Å². The number of hydrogen-bond acceptors (Lipinski definition) is 20. The summed E-state index contributed by atoms with van der Waals surface area (Å²) in [5.41, 5.74) is 14.6. The van der Waals surface area contributed by atoms with Crippen molar-refractivity contribution in [2.24, 2.45) is 17.4 Å². The number of carbonyl (C=O) groups is 16. The summed E-state index contributed by atoms with van der Waals surface area (Å²) >= 11 is 0.854. The van der Waals surface area contributed by atoms with Gasteiger partial charge in [0.2, 0.25) is 94.5 Å². The number of likely N-dealkylation sites (N-methyl/N-ethyl adjacent to an activating group) is 4. The maximum atomic E-state index is 15.5. The van der Waals surface area contributed by atoms with Crippen molar-refractivity contribution in [3.63, 3.8) is 0 Å². The van der Waals surface area contributed by atoms with Crippen molar-refractivity contribution < 1.29 is 81.8 Å². The third-order valence-electron chi connectivity index (χ3n) is 22.0. The molecule has 2 aliphatic heterocycles. The first-order valence-electron chi connectivity index (χ1n) is 41.8. The summed E-state index contributed by atoms with van der Waals surface area (Å²) in [7, 11) is 5.85. The molecule has 3 aromatic heterocycles. The van der Waals surface area contributed by atoms with Gasteiger partial charge in [0.05, 0.1) is 50.8 Å². The van der Waals surface area contributed by atoms with Gasteiger partial charge in [-0.3, -0.25) is 81.6 Å². The minimum Gasteiger partial charge on any atom is -0.394 e. The van der Waals surface area contributed by atoms with Crippen molar-refractivity contribution >= 4 is 128 Å². The van der Waals surface area contributed by atoms with Crippen molar-refractivity contribution in [3.05, 3.63) is 126 Å². The van der Waals surface area contributed by atoms with Crippen LogP contribution in [0.1, 0.15) is 121 Å². The van der Waals surface area contributed by atoms with Gasteiger partial charge in [-0.05, 0) is 80.8 Å². The van der Waals surface area contributed by atoms with Crippen LogP contribution in [-0.2, 0) is 102 Å². The van der Waals surface area contributed by atoms with Crippen LogP contribution in [0, 0.1) is 5.92 Å². The Morgan fingerprint density at radius 2 is 1.15 bits per heavy atom. The highest BCUT2D eigenvalue weighted by molar-refractivity contribution is 8.00. The number of fused-ring (bicyclic) bond motifs is 3. The molecule has 124 heavy (non-hydrogen) atoms. The van der Waals surface area contributed by atoms with Gasteiger partial charge in [0.25, 0.3) is 0 Å². The number of imidazole rings is 1. The molecule has 0 spiro atoms. The third-order valence-corrected chi connectivity index (χ3v) is 23.1. The number of thioether (sulfide) groups is 1. The van der Waals surface area contributed by atoms with Gasteiger partial charge < -0.3 is 104 Å². The summed E-state index contributed by atoms with van der Waals surface area (Å²) in [6, 6.07) is 6.71. The van der Waals surface area contributed by atoms with Gasteiger partial charge in [0, 0.05) is 118 Å². The van der Waals surface area contributed by atoms with Crippen LogP contribution in [0.5, 0.6) is 0 Å². The summed E-state index contributed by atoms with van der Waals surface area (Å²) in [6.45, 7) is 5.81. The summed E-state index contributed by atoms with van der Waals surface area (Å²) in [5.74, 6) is -14.5. The quantitative estimate of drug-likeness (QED) is 0.0376. The molecule has 8 rings (SSSR count). The largest absolute Gasteiger partial charge is 0.394 e. The molecule has 5 heterocycles. The zero-order valence-electron chi connectivity index (χ0n) is 71.6. The smallest absolute Gasteiger partial charge is 0.246 e. The summed E-state index contributed by atoms with van der Waals surface area (Å²) in [4.78, 5) is 249. The Hall–Kier alpha value is -12.3. The van der Waals surface area contributed by atoms with Gasteiger partial charge in [-0.1, -0.05) is 120 Å². The van der Waals surface area contributed by atoms with E-state index in [1.165, 1.54) is 38.4 Å². The highest BCUT2D eigenvalue weighted by atomic mass is 32.2. The minimum atomic E-state index is -1.75. The monoisotopic (exact) mass is 1740 g/mol. The van der Waals surface area contributed by atoms with Crippen LogP contribution in [0.15, 0.2) is 104 Å². The molecule has 2 fully saturated rings. The zero-order chi connectivity index (χ0) is 90.4. The van der Waals surface area contributed by atoms with Crippen molar-refractivity contribution in [2.75, 3.05) is 79.0 Å². The molecular weight excluding hydrogens is 1620 g/mol. The predicted octanol–water partition coefficient (Wildman–Crippen LogP) is -1.30. The molecule has 0 radical (unpaired) electrons. The summed E-state index contributed by atoms with van der Waals surface area (Å²) < 4.78 is 0. The maximum Gasteiger partial charge on any atom is 0.246 e. The molecule has 0 bridgehead atoms. The van der Waals surface area contributed by atoms with E-state index in [9.17, 15) is 77.0 Å². The van der Waals surface area contributed by atoms with Gasteiger partial charge in [0.15, 0.2) is 0 Å². The molecule has 2 aliphatic rings. The molecule has 16 amide bonds. The number of nitrogens with one attached hydrogen (secondary N) is 13. The second kappa shape index (κ2) is 47.4. The predicted molar refractivity (Wildman–Crippen MR) is 461 cm³/mol. The number of para-hydroxylation sites is 2. The first kappa shape index (κ1) is 97.2. The van der Waals surface area contributed by atoms with Crippen LogP contribution >= 0.6 is 11.8 Å². The van der Waals surface area contributed by atoms with E-state index in [-0.39, 0.29) is 76.1 Å². The Kier molecular flexibility index (Phi) is 37.2. The van der Waals surface area contributed by atoms with E-state index in [1.807, 2.05) is 38.1 Å². The number of nitrogens with zero attached hydrogens (tertiary/aromatic N) is 6. The van der Waals surface area contributed by atoms with E-state index < -0.39 is 205 Å². The van der Waals surface area contributed by atoms with E-state index in [0.717, 1.165) is 37.4 Å². The Balaban J connectivity index is 1.13. The lowest BCUT2D eigenvalue weighted by Gasteiger charge is -2.37. The van der Waals surface area contributed by atoms with Crippen molar-refractivity contribution in [2.45, 2.75) is 197 Å². The van der Waals surface area contributed by atoms with E-state index in [1.54, 1.807) is 99.8 Å². The number of unbranched alkanes of at least 4 members (excludes halogenated alkanes) is 2. The van der Waals surface area contributed by atoms with Gasteiger partial charge in [-0.25, -0.2) is 4.98 Å². The summed E-state index contributed by atoms with van der Waals surface area (Å²) in [5, 5.41) is 39.1. The fourth-order valence-electron chi connectivity index (χ4n) is 15.1. The number of aromatic nitrogens is 4. The van der Waals surface area contributed by atoms with E-state index in [0.29, 0.717) is 65.4 Å². The molecule has 39 heteroatoms. The van der Waals surface area contributed by atoms with Crippen LogP contribution in [0.2, 0.25) is 0 Å². The van der Waals surface area contributed by atoms with Gasteiger partial charge in [-0.2, -0.15) is 0 Å². The number of hydrogen-bond donors (Lipinski definition) is 16. The number of amides is 16. The topological polar surface area (TPSA) is 542 Å². The molecule has 12 unspecified atom stereocenters. The molecule has 0 aliphatic carbocycles. The van der Waals surface area contributed by atoms with Gasteiger partial charge >= 0.3 is 0 Å². The molecule has 18 N–H and O–H groups in total. The minimum absolute atomic E-state index is 0.000967. The van der Waals surface area contributed by atoms with Crippen LogP contribution in [0.4, 0.5) is 0 Å². The lowest BCUT2D eigenvalue weighted by Crippen LogP contribution is -2.60. The molecule has 3 aromatic carbocycles. The van der Waals surface area contributed by atoms with Crippen molar-refractivity contribution in [3.8, 4) is 0 Å². The highest BCUT2D eigenvalue weighted by Crippen LogP contribution is 2.26. The Bertz CT molecular complexity index is 4720. The average Bonchev–Trinajstić information content (AvgIpc) is 1.65. The zero-order valence-corrected chi connectivity index (χ0v) is 72.4. The fourth-order valence-corrected chi connectivity index (χ4v) is 16.0. The number of benzene rings is 3. The van der Waals surface area contributed by atoms with Gasteiger partial charge in [-0.15, -0.1) is 11.8 Å². The number of aliphatic hydroxyl groups is 1. The highest BCUT2D eigenvalue weighted by Gasteiger charge is 2.43. The van der Waals surface area contributed by atoms with Crippen molar-refractivity contribution in [1.82, 2.24) is 97.6 Å². The number of nitrogens with two attached hydrogens (primary N) is 2. The molecule has 672 valence electrons. The number of carbonyl (C=O) groups excluding carboxylic acids is 16. The second-order valence-electron chi connectivity index (χ2n) is 32.0. The van der Waals surface area contributed by atoms with Crippen LogP contribution in [0.25, 0.3) is 21.8 Å². The molecule has 38 nitrogen and oxygen atoms in total. The van der Waals surface area contributed by atoms with Gasteiger partial charge in [0.1, 0.15) is 60.4 Å². The number of H-pyrrole nitrogens is 3. The SMILES string of the molecule is CCCCC1C(=O)NCC(=O)NC(C(=O)NCC(N)=O)CSCC(=O)NC(Cc2ccccc2)C(=O)N(C)C(C)C(=O)NC(CC(N)=O)C(=O)N2CCCC2C(=O)NC(Cc2cnc[nH]2)C(=O)NC(CC(C)C)C(=O)N(C)CC(=O)NC(Cc2c[nH]c3ccccc23)C(=O)NC(CO)C(=O)NC(Cc2c[nH]c3ccccc23)C(=O)N(C)C(CCCC)CN1C. The fraction of sp³-hybridized carbons (Fsp3) is 0.518. The lowest BCUT2D eigenvalue weighted by atomic mass is 10.0. The third kappa shape index (κ3) is 28.1. The standard InChI is InChI=1S/C85H119N21O17S/c1-10-12-24-55-43-102(6)68(29-13-11-2)80(118)92-42-72(110)96-67(76(114)91-41-71(87)109)46-124-47-74(112)95-63(33-51-22-15-14-16-23-51)83(121)104(8)50(5)75(113)98-65(37-70(86)108)85(123)106-31-21-30-69(106)81(119)97-61(36-54-40-88-48-93-54)78(116)99-62(32-49(3)4)82(120)103(7)44-73(111)94-60(34-52-38-89-58-27-19-17-25-56(52)58)77(115)101-66(45-107)79(117)100-64(84(122)105(55)9)35-53-39-90-59-28-20-18-26-57(53)59/h14-20,22-23,25-28,38-40,48-50,55,60-69,89-90,107H,10-13,21,24,29-37,41-47H2,1-9H3,(H2,86,108)(H2,87,109)(H,88,93)(H,91,114)(H,92,118)(H,94,111)(H,95,112)(H,96,110)(H,97,119)(H,98,113)(H,99,116)(H,100,117)(H,101,115). The van der Waals surface area contributed by atoms with E-state index in [2.05, 4.69) is 73.1 Å².